The lowest BCUT2D eigenvalue weighted by molar-refractivity contribution is 0.388. The van der Waals surface area contributed by atoms with Crippen LogP contribution in [0.3, 0.4) is 0 Å². The molecule has 0 aromatic heterocycles. The minimum Gasteiger partial charge on any atom is -0.321 e. The lowest BCUT2D eigenvalue weighted by Crippen LogP contribution is -2.07. The van der Waals surface area contributed by atoms with Crippen LogP contribution in [-0.2, 0) is 4.57 Å². The van der Waals surface area contributed by atoms with E-state index < -0.39 is 7.60 Å². The first-order valence-electron chi connectivity index (χ1n) is 7.05. The van der Waals surface area contributed by atoms with Crippen LogP contribution in [0, 0.1) is 0 Å². The van der Waals surface area contributed by atoms with E-state index in [1.807, 2.05) is 48.5 Å². The second kappa shape index (κ2) is 5.05. The highest BCUT2D eigenvalue weighted by molar-refractivity contribution is 7.61. The second-order valence-electron chi connectivity index (χ2n) is 5.48. The summed E-state index contributed by atoms with van der Waals surface area (Å²) < 4.78 is 11.8. The molecule has 0 radical (unpaired) electrons. The van der Waals surface area contributed by atoms with Crippen LogP contribution in [0.25, 0.3) is 32.3 Å². The van der Waals surface area contributed by atoms with E-state index in [-0.39, 0.29) is 10.3 Å². The number of rotatable bonds is 1. The first kappa shape index (κ1) is 14.7. The maximum absolute atomic E-state index is 11.8. The Kier molecular flexibility index (Phi) is 3.22. The van der Waals surface area contributed by atoms with Crippen molar-refractivity contribution in [3.8, 4) is 0 Å². The van der Waals surface area contributed by atoms with Gasteiger partial charge in [-0.15, -0.1) is 0 Å². The van der Waals surface area contributed by atoms with Gasteiger partial charge in [-0.3, -0.25) is 4.57 Å². The van der Waals surface area contributed by atoms with Crippen molar-refractivity contribution in [3.63, 3.8) is 0 Å². The van der Waals surface area contributed by atoms with E-state index in [9.17, 15) is 14.4 Å². The fourth-order valence-electron chi connectivity index (χ4n) is 3.16. The van der Waals surface area contributed by atoms with Crippen LogP contribution in [0.15, 0.2) is 60.7 Å². The molecule has 114 valence electrons. The summed E-state index contributed by atoms with van der Waals surface area (Å²) in [5, 5.41) is 5.51. The highest BCUT2D eigenvalue weighted by Gasteiger charge is 2.24. The summed E-state index contributed by atoms with van der Waals surface area (Å²) in [7, 11) is -4.46. The van der Waals surface area contributed by atoms with Gasteiger partial charge in [0.15, 0.2) is 0 Å². The van der Waals surface area contributed by atoms with E-state index in [2.05, 4.69) is 0 Å². The molecule has 5 heteroatoms. The van der Waals surface area contributed by atoms with Crippen LogP contribution >= 0.6 is 19.2 Å². The van der Waals surface area contributed by atoms with Crippen molar-refractivity contribution in [2.45, 2.75) is 0 Å². The summed E-state index contributed by atoms with van der Waals surface area (Å²) in [6, 6.07) is 19.1. The van der Waals surface area contributed by atoms with E-state index in [4.69, 9.17) is 11.6 Å². The Morgan fingerprint density at radius 3 is 2.04 bits per heavy atom. The molecule has 0 saturated carbocycles. The van der Waals surface area contributed by atoms with Crippen LogP contribution in [0.4, 0.5) is 0 Å². The second-order valence-corrected chi connectivity index (χ2v) is 7.42. The molecule has 0 atom stereocenters. The van der Waals surface area contributed by atoms with E-state index in [0.717, 1.165) is 26.9 Å². The Morgan fingerprint density at radius 1 is 0.696 bits per heavy atom. The molecule has 23 heavy (non-hydrogen) atoms. The third-order valence-electron chi connectivity index (χ3n) is 4.14. The predicted octanol–water partition coefficient (Wildman–Crippen LogP) is 4.60. The molecule has 4 rings (SSSR count). The fraction of sp³-hybridized carbons (Fsp3) is 0. The average Bonchev–Trinajstić information content (AvgIpc) is 2.52. The predicted molar refractivity (Wildman–Crippen MR) is 95.6 cm³/mol. The molecule has 0 amide bonds. The number of benzene rings is 4. The van der Waals surface area contributed by atoms with Gasteiger partial charge in [0.2, 0.25) is 0 Å². The zero-order valence-corrected chi connectivity index (χ0v) is 13.6. The number of hydrogen-bond donors (Lipinski definition) is 2. The quantitative estimate of drug-likeness (QED) is 0.392. The fourth-order valence-corrected chi connectivity index (χ4v) is 4.51. The van der Waals surface area contributed by atoms with E-state index in [0.29, 0.717) is 5.39 Å². The molecule has 0 spiro atoms. The van der Waals surface area contributed by atoms with Crippen molar-refractivity contribution in [1.82, 2.24) is 0 Å². The number of fused-ring (bicyclic) bond motifs is 5. The smallest absolute Gasteiger partial charge is 0.321 e. The highest BCUT2D eigenvalue weighted by Crippen LogP contribution is 2.41. The molecule has 0 fully saturated rings. The number of hydrogen-bond acceptors (Lipinski definition) is 1. The molecule has 4 aromatic carbocycles. The van der Waals surface area contributed by atoms with Gasteiger partial charge in [-0.05, 0) is 38.4 Å². The average molecular weight is 343 g/mol. The van der Waals surface area contributed by atoms with Gasteiger partial charge in [0.25, 0.3) is 0 Å². The normalized spacial score (nSPS) is 12.3. The van der Waals surface area contributed by atoms with Gasteiger partial charge < -0.3 is 9.79 Å². The third kappa shape index (κ3) is 2.25. The van der Waals surface area contributed by atoms with Crippen molar-refractivity contribution >= 4 is 56.8 Å². The molecule has 2 N–H and O–H groups in total. The van der Waals surface area contributed by atoms with Crippen LogP contribution in [0.2, 0.25) is 5.02 Å². The first-order chi connectivity index (χ1) is 11.0. The molecular weight excluding hydrogens is 331 g/mol. The lowest BCUT2D eigenvalue weighted by atomic mass is 9.97. The van der Waals surface area contributed by atoms with Gasteiger partial charge >= 0.3 is 7.60 Å². The van der Waals surface area contributed by atoms with Gasteiger partial charge in [0, 0.05) is 0 Å². The Balaban J connectivity index is 2.23. The van der Waals surface area contributed by atoms with E-state index in [1.165, 1.54) is 0 Å². The molecule has 0 aliphatic carbocycles. The summed E-state index contributed by atoms with van der Waals surface area (Å²) >= 11 is 6.04. The molecule has 3 nitrogen and oxygen atoms in total. The van der Waals surface area contributed by atoms with Gasteiger partial charge in [0.1, 0.15) is 0 Å². The van der Waals surface area contributed by atoms with Crippen molar-refractivity contribution in [2.75, 3.05) is 0 Å². The van der Waals surface area contributed by atoms with Crippen LogP contribution < -0.4 is 5.30 Å². The van der Waals surface area contributed by atoms with Crippen molar-refractivity contribution < 1.29 is 14.4 Å². The van der Waals surface area contributed by atoms with Crippen molar-refractivity contribution in [2.24, 2.45) is 0 Å². The third-order valence-corrected chi connectivity index (χ3v) is 5.65. The maximum atomic E-state index is 11.8. The van der Waals surface area contributed by atoms with E-state index >= 15 is 0 Å². The summed E-state index contributed by atoms with van der Waals surface area (Å²) in [5.41, 5.74) is 0. The van der Waals surface area contributed by atoms with Gasteiger partial charge in [0.05, 0.1) is 10.3 Å². The molecule has 0 bridgehead atoms. The Bertz CT molecular complexity index is 1130. The van der Waals surface area contributed by atoms with Gasteiger partial charge in [-0.1, -0.05) is 66.2 Å². The summed E-state index contributed by atoms with van der Waals surface area (Å²) in [4.78, 5) is 19.3. The Labute approximate surface area is 137 Å². The molecule has 0 saturated heterocycles. The van der Waals surface area contributed by atoms with E-state index in [1.54, 1.807) is 12.1 Å². The zero-order chi connectivity index (χ0) is 16.2. The summed E-state index contributed by atoms with van der Waals surface area (Å²) in [6.07, 6.45) is 0. The lowest BCUT2D eigenvalue weighted by Gasteiger charge is -2.13. The van der Waals surface area contributed by atoms with Crippen LogP contribution in [-0.4, -0.2) is 9.79 Å². The number of halogens is 1. The minimum atomic E-state index is -4.46. The SMILES string of the molecule is O=P(O)(O)c1c(Cl)ccc2c1ccc1c3ccccc3ccc21. The Hall–Kier alpha value is -1.90. The first-order valence-corrected chi connectivity index (χ1v) is 9.04. The Morgan fingerprint density at radius 2 is 1.26 bits per heavy atom. The molecule has 0 heterocycles. The monoisotopic (exact) mass is 342 g/mol. The van der Waals surface area contributed by atoms with Crippen LogP contribution in [0.1, 0.15) is 0 Å². The molecule has 0 aliphatic rings. The molecule has 4 aromatic rings. The molecule has 0 aliphatic heterocycles. The summed E-state index contributed by atoms with van der Waals surface area (Å²) in [6.45, 7) is 0. The molecule has 0 unspecified atom stereocenters. The summed E-state index contributed by atoms with van der Waals surface area (Å²) in [5.74, 6) is 0. The molecular formula is C18H12ClO3P. The minimum absolute atomic E-state index is 0.0889. The maximum Gasteiger partial charge on any atom is 0.358 e. The van der Waals surface area contributed by atoms with Crippen molar-refractivity contribution in [3.05, 3.63) is 65.7 Å². The van der Waals surface area contributed by atoms with Gasteiger partial charge in [-0.25, -0.2) is 0 Å². The standard InChI is InChI=1S/C18H12ClO3P/c19-17-10-9-15-14-6-5-11-3-1-2-4-12(11)13(14)7-8-16(15)18(17)23(20,21)22/h1-10H,(H2,20,21,22). The van der Waals surface area contributed by atoms with Gasteiger partial charge in [-0.2, -0.15) is 0 Å². The topological polar surface area (TPSA) is 57.5 Å². The largest absolute Gasteiger partial charge is 0.358 e. The zero-order valence-electron chi connectivity index (χ0n) is 11.9. The van der Waals surface area contributed by atoms with Crippen molar-refractivity contribution in [1.29, 1.82) is 0 Å². The highest BCUT2D eigenvalue weighted by atomic mass is 35.5. The van der Waals surface area contributed by atoms with Crippen LogP contribution in [0.5, 0.6) is 0 Å².